The van der Waals surface area contributed by atoms with Crippen molar-refractivity contribution in [1.82, 2.24) is 15.1 Å². The molecule has 2 aromatic carbocycles. The van der Waals surface area contributed by atoms with Gasteiger partial charge in [-0.05, 0) is 36.4 Å². The molecule has 1 saturated heterocycles. The molecule has 1 heterocycles. The van der Waals surface area contributed by atoms with Crippen molar-refractivity contribution in [3.8, 4) is 5.75 Å². The molecule has 3 rings (SSSR count). The molecule has 31 heavy (non-hydrogen) atoms. The number of urea groups is 1. The molecule has 4 amide bonds. The van der Waals surface area contributed by atoms with Crippen LogP contribution >= 0.6 is 11.6 Å². The van der Waals surface area contributed by atoms with E-state index in [-0.39, 0.29) is 32.1 Å². The first-order chi connectivity index (χ1) is 14.9. The lowest BCUT2D eigenvalue weighted by Crippen LogP contribution is -2.55. The summed E-state index contributed by atoms with van der Waals surface area (Å²) in [4.78, 5) is 41.6. The summed E-state index contributed by atoms with van der Waals surface area (Å²) in [6.07, 6.45) is -1.12. The van der Waals surface area contributed by atoms with Crippen LogP contribution in [-0.2, 0) is 4.79 Å². The van der Waals surface area contributed by atoms with Gasteiger partial charge < -0.3 is 26.0 Å². The first kappa shape index (κ1) is 22.4. The molecule has 1 unspecified atom stereocenters. The quantitative estimate of drug-likeness (QED) is 0.626. The van der Waals surface area contributed by atoms with E-state index in [4.69, 9.17) is 22.1 Å². The van der Waals surface area contributed by atoms with Crippen LogP contribution in [0.15, 0.2) is 48.5 Å². The fraction of sp³-hybridized carbons (Fsp3) is 0.286. The minimum atomic E-state index is -1.12. The van der Waals surface area contributed by atoms with Crippen molar-refractivity contribution >= 4 is 35.1 Å². The van der Waals surface area contributed by atoms with Crippen molar-refractivity contribution in [3.05, 3.63) is 59.1 Å². The first-order valence-electron chi connectivity index (χ1n) is 9.70. The van der Waals surface area contributed by atoms with Crippen LogP contribution in [0, 0.1) is 0 Å². The fourth-order valence-electron chi connectivity index (χ4n) is 3.31. The standard InChI is InChI=1S/C21H24ClN5O4/c1-31-17-7-2-4-14(12-17)20(29)26-10-11-27(19(26)18(28)24-9-8-23)21(30)25-16-6-3-5-15(22)13-16/h2-7,12-13,19H,8-11,23H2,1H3,(H,24,28)(H,25,30). The Bertz CT molecular complexity index is 970. The molecule has 0 spiro atoms. The van der Waals surface area contributed by atoms with Gasteiger partial charge in [-0.2, -0.15) is 0 Å². The van der Waals surface area contributed by atoms with E-state index in [2.05, 4.69) is 10.6 Å². The Balaban J connectivity index is 1.84. The molecular weight excluding hydrogens is 422 g/mol. The number of carbonyl (C=O) groups is 3. The van der Waals surface area contributed by atoms with Gasteiger partial charge in [0.1, 0.15) is 5.75 Å². The van der Waals surface area contributed by atoms with E-state index in [1.54, 1.807) is 48.5 Å². The SMILES string of the molecule is COc1cccc(C(=O)N2CCN(C(=O)Nc3cccc(Cl)c3)C2C(=O)NCCN)c1. The average molecular weight is 446 g/mol. The zero-order chi connectivity index (χ0) is 22.4. The molecule has 4 N–H and O–H groups in total. The Labute approximate surface area is 185 Å². The van der Waals surface area contributed by atoms with E-state index >= 15 is 0 Å². The molecule has 0 bridgehead atoms. The highest BCUT2D eigenvalue weighted by atomic mass is 35.5. The average Bonchev–Trinajstić information content (AvgIpc) is 3.22. The van der Waals surface area contributed by atoms with Crippen molar-refractivity contribution in [2.45, 2.75) is 6.17 Å². The number of benzene rings is 2. The highest BCUT2D eigenvalue weighted by molar-refractivity contribution is 6.30. The predicted molar refractivity (Wildman–Crippen MR) is 117 cm³/mol. The highest BCUT2D eigenvalue weighted by Gasteiger charge is 2.43. The molecule has 1 atom stereocenters. The molecule has 10 heteroatoms. The summed E-state index contributed by atoms with van der Waals surface area (Å²) in [6, 6.07) is 12.8. The molecule has 2 aromatic rings. The van der Waals surface area contributed by atoms with Crippen molar-refractivity contribution in [2.75, 3.05) is 38.6 Å². The number of methoxy groups -OCH3 is 1. The largest absolute Gasteiger partial charge is 0.497 e. The zero-order valence-electron chi connectivity index (χ0n) is 17.0. The number of rotatable bonds is 6. The lowest BCUT2D eigenvalue weighted by atomic mass is 10.2. The molecule has 0 radical (unpaired) electrons. The third-order valence-electron chi connectivity index (χ3n) is 4.76. The van der Waals surface area contributed by atoms with E-state index in [1.807, 2.05) is 0 Å². The van der Waals surface area contributed by atoms with Crippen molar-refractivity contribution in [3.63, 3.8) is 0 Å². The number of halogens is 1. The second-order valence-electron chi connectivity index (χ2n) is 6.82. The summed E-state index contributed by atoms with van der Waals surface area (Å²) in [5, 5.41) is 5.85. The van der Waals surface area contributed by atoms with Crippen LogP contribution in [-0.4, -0.2) is 67.1 Å². The summed E-state index contributed by atoms with van der Waals surface area (Å²) < 4.78 is 5.18. The van der Waals surface area contributed by atoms with E-state index < -0.39 is 18.1 Å². The number of hydrogen-bond donors (Lipinski definition) is 3. The highest BCUT2D eigenvalue weighted by Crippen LogP contribution is 2.23. The fourth-order valence-corrected chi connectivity index (χ4v) is 3.50. The Hall–Kier alpha value is -3.30. The Kier molecular flexibility index (Phi) is 7.32. The molecule has 1 aliphatic rings. The van der Waals surface area contributed by atoms with E-state index in [1.165, 1.54) is 16.9 Å². The van der Waals surface area contributed by atoms with Gasteiger partial charge in [0.15, 0.2) is 6.17 Å². The zero-order valence-corrected chi connectivity index (χ0v) is 17.8. The van der Waals surface area contributed by atoms with E-state index in [0.717, 1.165) is 0 Å². The number of nitrogens with two attached hydrogens (primary N) is 1. The van der Waals surface area contributed by atoms with E-state index in [0.29, 0.717) is 22.0 Å². The predicted octanol–water partition coefficient (Wildman–Crippen LogP) is 1.74. The topological polar surface area (TPSA) is 117 Å². The normalized spacial score (nSPS) is 15.5. The minimum absolute atomic E-state index is 0.183. The Morgan fingerprint density at radius 2 is 1.87 bits per heavy atom. The van der Waals surface area contributed by atoms with Crippen LogP contribution in [0.3, 0.4) is 0 Å². The molecule has 0 saturated carbocycles. The molecule has 164 valence electrons. The summed E-state index contributed by atoms with van der Waals surface area (Å²) in [7, 11) is 1.50. The second-order valence-corrected chi connectivity index (χ2v) is 7.25. The summed E-state index contributed by atoms with van der Waals surface area (Å²) in [5.74, 6) is -0.352. The van der Waals surface area contributed by atoms with Gasteiger partial charge in [-0.25, -0.2) is 4.79 Å². The monoisotopic (exact) mass is 445 g/mol. The van der Waals surface area contributed by atoms with Crippen LogP contribution < -0.4 is 21.1 Å². The van der Waals surface area contributed by atoms with Gasteiger partial charge in [-0.15, -0.1) is 0 Å². The Morgan fingerprint density at radius 1 is 1.13 bits per heavy atom. The summed E-state index contributed by atoms with van der Waals surface area (Å²) >= 11 is 5.98. The maximum Gasteiger partial charge on any atom is 0.323 e. The number of nitrogens with zero attached hydrogens (tertiary/aromatic N) is 2. The Morgan fingerprint density at radius 3 is 2.58 bits per heavy atom. The van der Waals surface area contributed by atoms with Crippen molar-refractivity contribution in [1.29, 1.82) is 0 Å². The maximum absolute atomic E-state index is 13.2. The number of carbonyl (C=O) groups excluding carboxylic acids is 3. The summed E-state index contributed by atoms with van der Waals surface area (Å²) in [5.41, 5.74) is 6.33. The van der Waals surface area contributed by atoms with Crippen LogP contribution in [0.5, 0.6) is 5.75 Å². The smallest absolute Gasteiger partial charge is 0.323 e. The van der Waals surface area contributed by atoms with Crippen molar-refractivity contribution < 1.29 is 19.1 Å². The van der Waals surface area contributed by atoms with Crippen LogP contribution in [0.25, 0.3) is 0 Å². The van der Waals surface area contributed by atoms with Crippen molar-refractivity contribution in [2.24, 2.45) is 5.73 Å². The number of amides is 4. The maximum atomic E-state index is 13.2. The van der Waals surface area contributed by atoms with Gasteiger partial charge >= 0.3 is 6.03 Å². The lowest BCUT2D eigenvalue weighted by Gasteiger charge is -2.29. The molecule has 9 nitrogen and oxygen atoms in total. The molecule has 0 aromatic heterocycles. The molecule has 1 aliphatic heterocycles. The molecule has 1 fully saturated rings. The van der Waals surface area contributed by atoms with Crippen LogP contribution in [0.2, 0.25) is 5.02 Å². The third kappa shape index (κ3) is 5.25. The second kappa shape index (κ2) is 10.1. The third-order valence-corrected chi connectivity index (χ3v) is 5.00. The van der Waals surface area contributed by atoms with Gasteiger partial charge in [0.2, 0.25) is 0 Å². The minimum Gasteiger partial charge on any atom is -0.497 e. The van der Waals surface area contributed by atoms with Gasteiger partial charge in [-0.1, -0.05) is 23.7 Å². The number of nitrogens with one attached hydrogen (secondary N) is 2. The van der Waals surface area contributed by atoms with Crippen LogP contribution in [0.4, 0.5) is 10.5 Å². The van der Waals surface area contributed by atoms with Gasteiger partial charge in [0, 0.05) is 42.5 Å². The lowest BCUT2D eigenvalue weighted by molar-refractivity contribution is -0.127. The first-order valence-corrected chi connectivity index (χ1v) is 10.1. The summed E-state index contributed by atoms with van der Waals surface area (Å²) in [6.45, 7) is 0.833. The molecular formula is C21H24ClN5O4. The van der Waals surface area contributed by atoms with Gasteiger partial charge in [0.05, 0.1) is 7.11 Å². The van der Waals surface area contributed by atoms with E-state index in [9.17, 15) is 14.4 Å². The number of ether oxygens (including phenoxy) is 1. The molecule has 0 aliphatic carbocycles. The number of anilines is 1. The van der Waals surface area contributed by atoms with Gasteiger partial charge in [-0.3, -0.25) is 14.5 Å². The van der Waals surface area contributed by atoms with Gasteiger partial charge in [0.25, 0.3) is 11.8 Å². The number of hydrogen-bond acceptors (Lipinski definition) is 5. The van der Waals surface area contributed by atoms with Crippen LogP contribution in [0.1, 0.15) is 10.4 Å².